The number of hydrogen-bond acceptors (Lipinski definition) is 7. The van der Waals surface area contributed by atoms with Gasteiger partial charge in [-0.25, -0.2) is 8.42 Å². The van der Waals surface area contributed by atoms with E-state index in [0.29, 0.717) is 17.5 Å². The number of fused-ring (bicyclic) bond motifs is 1. The summed E-state index contributed by atoms with van der Waals surface area (Å²) < 4.78 is 54.6. The molecule has 0 spiro atoms. The lowest BCUT2D eigenvalue weighted by molar-refractivity contribution is 0.0938. The first-order valence-corrected chi connectivity index (χ1v) is 12.0. The molecule has 8 nitrogen and oxygen atoms in total. The molecule has 10 heteroatoms. The van der Waals surface area contributed by atoms with E-state index in [1.807, 2.05) is 13.8 Å². The summed E-state index contributed by atoms with van der Waals surface area (Å²) in [5.41, 5.74) is 0.742. The highest BCUT2D eigenvalue weighted by Gasteiger charge is 2.42. The fourth-order valence-corrected chi connectivity index (χ4v) is 6.92. The Balaban J connectivity index is 2.07. The Morgan fingerprint density at radius 3 is 2.61 bits per heavy atom. The van der Waals surface area contributed by atoms with E-state index in [-0.39, 0.29) is 27.8 Å². The third kappa shape index (κ3) is 3.46. The van der Waals surface area contributed by atoms with Gasteiger partial charge in [0.25, 0.3) is 5.91 Å². The third-order valence-corrected chi connectivity index (χ3v) is 8.13. The molecule has 28 heavy (non-hydrogen) atoms. The summed E-state index contributed by atoms with van der Waals surface area (Å²) in [5, 5.41) is 3.90. The van der Waals surface area contributed by atoms with Crippen LogP contribution in [0.3, 0.4) is 0 Å². The van der Waals surface area contributed by atoms with Crippen LogP contribution in [0.5, 0.6) is 5.88 Å². The van der Waals surface area contributed by atoms with E-state index in [2.05, 4.69) is 5.10 Å². The number of carbonyl (C=O) groups is 1. The zero-order valence-electron chi connectivity index (χ0n) is 16.1. The molecule has 0 saturated carbocycles. The van der Waals surface area contributed by atoms with Gasteiger partial charge in [-0.2, -0.15) is 18.2 Å². The van der Waals surface area contributed by atoms with Gasteiger partial charge < -0.3 is 4.18 Å². The number of benzene rings is 1. The normalized spacial score (nSPS) is 17.3. The molecule has 0 N–H and O–H groups in total. The quantitative estimate of drug-likeness (QED) is 0.673. The van der Waals surface area contributed by atoms with Crippen LogP contribution in [0, 0.1) is 6.92 Å². The van der Waals surface area contributed by atoms with Crippen molar-refractivity contribution in [2.24, 2.45) is 0 Å². The summed E-state index contributed by atoms with van der Waals surface area (Å²) in [5.74, 6) is -1.01. The predicted octanol–water partition coefficient (Wildman–Crippen LogP) is 2.06. The largest absolute Gasteiger partial charge is 0.361 e. The summed E-state index contributed by atoms with van der Waals surface area (Å²) >= 11 is 0. The number of sulfone groups is 1. The second-order valence-electron chi connectivity index (χ2n) is 7.49. The Labute approximate surface area is 164 Å². The van der Waals surface area contributed by atoms with E-state index in [1.54, 1.807) is 13.8 Å². The van der Waals surface area contributed by atoms with Crippen molar-refractivity contribution >= 4 is 25.9 Å². The van der Waals surface area contributed by atoms with Gasteiger partial charge in [-0.1, -0.05) is 20.8 Å². The lowest BCUT2D eigenvalue weighted by Crippen LogP contribution is -2.23. The second kappa shape index (κ2) is 6.70. The molecule has 0 aliphatic carbocycles. The van der Waals surface area contributed by atoms with Gasteiger partial charge in [0.15, 0.2) is 9.84 Å². The minimum Gasteiger partial charge on any atom is -0.361 e. The van der Waals surface area contributed by atoms with Crippen molar-refractivity contribution < 1.29 is 25.8 Å². The van der Waals surface area contributed by atoms with Crippen LogP contribution >= 0.6 is 0 Å². The third-order valence-electron chi connectivity index (χ3n) is 4.69. The van der Waals surface area contributed by atoms with E-state index in [4.69, 9.17) is 4.18 Å². The highest BCUT2D eigenvalue weighted by Crippen LogP contribution is 2.42. The Morgan fingerprint density at radius 2 is 1.96 bits per heavy atom. The Bertz CT molecular complexity index is 1160. The molecule has 0 bridgehead atoms. The van der Waals surface area contributed by atoms with Gasteiger partial charge in [-0.15, -0.1) is 0 Å². The molecule has 2 heterocycles. The van der Waals surface area contributed by atoms with Crippen molar-refractivity contribution in [2.45, 2.75) is 44.4 Å². The van der Waals surface area contributed by atoms with Crippen molar-refractivity contribution in [3.8, 4) is 5.88 Å². The van der Waals surface area contributed by atoms with Gasteiger partial charge in [0.05, 0.1) is 22.6 Å². The first-order valence-electron chi connectivity index (χ1n) is 8.77. The van der Waals surface area contributed by atoms with Crippen LogP contribution in [-0.4, -0.2) is 44.0 Å². The summed E-state index contributed by atoms with van der Waals surface area (Å²) in [7, 11) is -7.25. The molecular formula is C18H22N2O6S2. The fourth-order valence-electron chi connectivity index (χ4n) is 3.69. The van der Waals surface area contributed by atoms with Crippen LogP contribution in [0.25, 0.3) is 0 Å². The monoisotopic (exact) mass is 426 g/mol. The minimum atomic E-state index is -3.84. The van der Waals surface area contributed by atoms with Crippen LogP contribution in [0.15, 0.2) is 29.3 Å². The molecule has 2 aromatic rings. The van der Waals surface area contributed by atoms with Gasteiger partial charge in [0, 0.05) is 17.0 Å². The van der Waals surface area contributed by atoms with Crippen LogP contribution in [0.1, 0.15) is 48.7 Å². The molecule has 0 unspecified atom stereocenters. The average Bonchev–Trinajstić information content (AvgIpc) is 3.06. The Kier molecular flexibility index (Phi) is 4.91. The number of hydrogen-bond donors (Lipinski definition) is 0. The molecule has 0 saturated heterocycles. The molecule has 0 atom stereocenters. The molecule has 0 radical (unpaired) electrons. The van der Waals surface area contributed by atoms with Crippen LogP contribution in [0.4, 0.5) is 0 Å². The molecule has 0 fully saturated rings. The lowest BCUT2D eigenvalue weighted by atomic mass is 9.82. The number of rotatable bonds is 5. The Morgan fingerprint density at radius 1 is 1.29 bits per heavy atom. The van der Waals surface area contributed by atoms with Crippen molar-refractivity contribution in [3.05, 3.63) is 41.1 Å². The molecule has 152 valence electrons. The van der Waals surface area contributed by atoms with Crippen molar-refractivity contribution in [1.82, 2.24) is 9.78 Å². The highest BCUT2D eigenvalue weighted by atomic mass is 32.2. The maximum Gasteiger partial charge on any atom is 0.310 e. The maximum absolute atomic E-state index is 13.0. The predicted molar refractivity (Wildman–Crippen MR) is 103 cm³/mol. The van der Waals surface area contributed by atoms with Crippen LogP contribution in [0.2, 0.25) is 0 Å². The molecule has 3 rings (SSSR count). The molecular weight excluding hydrogens is 404 g/mol. The van der Waals surface area contributed by atoms with Gasteiger partial charge in [0.1, 0.15) is 0 Å². The van der Waals surface area contributed by atoms with Crippen molar-refractivity contribution in [1.29, 1.82) is 0 Å². The maximum atomic E-state index is 13.0. The van der Waals surface area contributed by atoms with Gasteiger partial charge >= 0.3 is 10.1 Å². The van der Waals surface area contributed by atoms with Gasteiger partial charge in [0.2, 0.25) is 5.88 Å². The van der Waals surface area contributed by atoms with Crippen LogP contribution in [-0.2, 0) is 25.4 Å². The zero-order valence-corrected chi connectivity index (χ0v) is 17.7. The van der Waals surface area contributed by atoms with E-state index in [1.165, 1.54) is 24.4 Å². The molecule has 0 amide bonds. The van der Waals surface area contributed by atoms with Gasteiger partial charge in [-0.05, 0) is 36.6 Å². The summed E-state index contributed by atoms with van der Waals surface area (Å²) in [4.78, 5) is 13.3. The van der Waals surface area contributed by atoms with E-state index < -0.39 is 31.3 Å². The molecule has 1 aromatic heterocycles. The molecule has 1 aromatic carbocycles. The number of carbonyl (C=O) groups excluding carboxylic acids is 1. The zero-order chi connectivity index (χ0) is 20.9. The smallest absolute Gasteiger partial charge is 0.310 e. The summed E-state index contributed by atoms with van der Waals surface area (Å²) in [6.45, 7) is 7.02. The van der Waals surface area contributed by atoms with Gasteiger partial charge in [-0.3, -0.25) is 4.79 Å². The summed E-state index contributed by atoms with van der Waals surface area (Å²) in [6, 6.07) is 4.15. The summed E-state index contributed by atoms with van der Waals surface area (Å²) in [6.07, 6.45) is 1.64. The number of nitrogens with zero attached hydrogens (tertiary/aromatic N) is 2. The first-order chi connectivity index (χ1) is 12.9. The number of aromatic nitrogens is 2. The van der Waals surface area contributed by atoms with Crippen LogP contribution < -0.4 is 4.18 Å². The second-order valence-corrected chi connectivity index (χ2v) is 11.1. The van der Waals surface area contributed by atoms with Crippen molar-refractivity contribution in [3.63, 3.8) is 0 Å². The van der Waals surface area contributed by atoms with E-state index in [0.717, 1.165) is 4.68 Å². The lowest BCUT2D eigenvalue weighted by Gasteiger charge is -2.21. The minimum absolute atomic E-state index is 0.0286. The van der Waals surface area contributed by atoms with Crippen molar-refractivity contribution in [2.75, 3.05) is 11.5 Å². The fraction of sp³-hybridized carbons (Fsp3) is 0.444. The molecule has 1 aliphatic heterocycles. The Hall–Kier alpha value is -2.20. The first kappa shape index (κ1) is 20.5. The van der Waals surface area contributed by atoms with E-state index >= 15 is 0 Å². The standard InChI is InChI=1S/C18H22N2O6S2/c1-5-10-28(24,25)26-15-8-9-19-20(15)17(21)13-6-7-14-16(12(13)2)18(3,4)11-27(14,22)23/h6-9H,5,10-11H2,1-4H3. The SMILES string of the molecule is CCCS(=O)(=O)Oc1ccnn1C(=O)c1ccc2c(c1C)C(C)(C)CS2(=O)=O. The topological polar surface area (TPSA) is 112 Å². The average molecular weight is 427 g/mol. The highest BCUT2D eigenvalue weighted by molar-refractivity contribution is 7.91. The molecule has 1 aliphatic rings. The van der Waals surface area contributed by atoms with E-state index in [9.17, 15) is 21.6 Å².